The van der Waals surface area contributed by atoms with E-state index in [0.29, 0.717) is 37.8 Å². The van der Waals surface area contributed by atoms with E-state index < -0.39 is 10.0 Å². The second-order valence-electron chi connectivity index (χ2n) is 7.00. The molecule has 8 nitrogen and oxygen atoms in total. The van der Waals surface area contributed by atoms with Crippen LogP contribution in [-0.2, 0) is 21.2 Å². The molecule has 134 valence electrons. The summed E-state index contributed by atoms with van der Waals surface area (Å²) in [5.74, 6) is 1.55. The summed E-state index contributed by atoms with van der Waals surface area (Å²) in [6.45, 7) is 5.17. The lowest BCUT2D eigenvalue weighted by Crippen LogP contribution is -2.62. The molecule has 9 heteroatoms. The van der Waals surface area contributed by atoms with Crippen LogP contribution >= 0.6 is 0 Å². The molecule has 2 heterocycles. The van der Waals surface area contributed by atoms with Crippen molar-refractivity contribution in [2.75, 3.05) is 25.9 Å². The standard InChI is InChI=1S/C15H24N4O4S/c1-10(2)14-16-13(17-23-14)6-7-19(24(3,21)22)12-8-18(9-12)15(20)11-4-5-11/h10-12H,4-9H2,1-3H3. The Labute approximate surface area is 142 Å². The predicted octanol–water partition coefficient (Wildman–Crippen LogP) is 0.618. The molecular formula is C15H24N4O4S. The first-order chi connectivity index (χ1) is 11.3. The molecule has 1 saturated carbocycles. The third-order valence-electron chi connectivity index (χ3n) is 4.47. The van der Waals surface area contributed by atoms with Gasteiger partial charge < -0.3 is 9.42 Å². The Bertz CT molecular complexity index is 705. The number of carbonyl (C=O) groups is 1. The van der Waals surface area contributed by atoms with E-state index in [-0.39, 0.29) is 23.8 Å². The van der Waals surface area contributed by atoms with Crippen molar-refractivity contribution in [3.63, 3.8) is 0 Å². The van der Waals surface area contributed by atoms with Crippen molar-refractivity contribution >= 4 is 15.9 Å². The molecule has 1 aliphatic carbocycles. The zero-order valence-electron chi connectivity index (χ0n) is 14.3. The van der Waals surface area contributed by atoms with Gasteiger partial charge in [-0.2, -0.15) is 9.29 Å². The molecule has 1 aliphatic heterocycles. The van der Waals surface area contributed by atoms with Crippen LogP contribution in [0.5, 0.6) is 0 Å². The highest BCUT2D eigenvalue weighted by Crippen LogP contribution is 2.33. The Kier molecular flexibility index (Phi) is 4.65. The number of sulfonamides is 1. The molecule has 0 spiro atoms. The minimum atomic E-state index is -3.35. The number of likely N-dealkylation sites (tertiary alicyclic amines) is 1. The maximum atomic E-state index is 12.1. The monoisotopic (exact) mass is 356 g/mol. The molecule has 1 saturated heterocycles. The van der Waals surface area contributed by atoms with Gasteiger partial charge in [-0.05, 0) is 12.8 Å². The molecule has 3 rings (SSSR count). The van der Waals surface area contributed by atoms with E-state index in [9.17, 15) is 13.2 Å². The van der Waals surface area contributed by atoms with Crippen molar-refractivity contribution in [3.05, 3.63) is 11.7 Å². The third kappa shape index (κ3) is 3.77. The predicted molar refractivity (Wildman–Crippen MR) is 86.7 cm³/mol. The maximum Gasteiger partial charge on any atom is 0.229 e. The van der Waals surface area contributed by atoms with Crippen molar-refractivity contribution in [1.29, 1.82) is 0 Å². The fourth-order valence-corrected chi connectivity index (χ4v) is 3.94. The second-order valence-corrected chi connectivity index (χ2v) is 8.93. The van der Waals surface area contributed by atoms with Crippen LogP contribution in [0.4, 0.5) is 0 Å². The SMILES string of the molecule is CC(C)c1nc(CCN(C2CN(C(=O)C3CC3)C2)S(C)(=O)=O)no1. The molecule has 1 aromatic heterocycles. The molecule has 0 radical (unpaired) electrons. The molecule has 24 heavy (non-hydrogen) atoms. The first-order valence-corrected chi connectivity index (χ1v) is 10.2. The topological polar surface area (TPSA) is 96.6 Å². The van der Waals surface area contributed by atoms with E-state index in [2.05, 4.69) is 10.1 Å². The minimum absolute atomic E-state index is 0.144. The molecule has 2 fully saturated rings. The fourth-order valence-electron chi connectivity index (χ4n) is 2.84. The number of hydrogen-bond acceptors (Lipinski definition) is 6. The summed E-state index contributed by atoms with van der Waals surface area (Å²) in [7, 11) is -3.35. The average molecular weight is 356 g/mol. The van der Waals surface area contributed by atoms with Gasteiger partial charge in [0.05, 0.1) is 12.3 Å². The molecule has 1 aromatic rings. The highest BCUT2D eigenvalue weighted by Gasteiger charge is 2.43. The molecule has 0 unspecified atom stereocenters. The van der Waals surface area contributed by atoms with E-state index >= 15 is 0 Å². The normalized spacial score (nSPS) is 19.1. The fraction of sp³-hybridized carbons (Fsp3) is 0.800. The van der Waals surface area contributed by atoms with Crippen LogP contribution in [0.25, 0.3) is 0 Å². The molecular weight excluding hydrogens is 332 g/mol. The van der Waals surface area contributed by atoms with Gasteiger partial charge in [0.25, 0.3) is 0 Å². The largest absolute Gasteiger partial charge is 0.339 e. The number of aromatic nitrogens is 2. The van der Waals surface area contributed by atoms with E-state index in [0.717, 1.165) is 12.8 Å². The van der Waals surface area contributed by atoms with Gasteiger partial charge in [-0.1, -0.05) is 19.0 Å². The van der Waals surface area contributed by atoms with Gasteiger partial charge in [-0.3, -0.25) is 4.79 Å². The lowest BCUT2D eigenvalue weighted by atomic mass is 10.1. The first kappa shape index (κ1) is 17.3. The van der Waals surface area contributed by atoms with Crippen LogP contribution in [-0.4, -0.2) is 65.6 Å². The van der Waals surface area contributed by atoms with Crippen LogP contribution in [0.2, 0.25) is 0 Å². The zero-order valence-corrected chi connectivity index (χ0v) is 15.1. The number of rotatable bonds is 7. The van der Waals surface area contributed by atoms with Gasteiger partial charge >= 0.3 is 0 Å². The number of hydrogen-bond donors (Lipinski definition) is 0. The lowest BCUT2D eigenvalue weighted by Gasteiger charge is -2.44. The van der Waals surface area contributed by atoms with Crippen molar-refractivity contribution in [2.24, 2.45) is 5.92 Å². The number of nitrogens with zero attached hydrogens (tertiary/aromatic N) is 4. The Hall–Kier alpha value is -1.48. The number of amides is 1. The Morgan fingerprint density at radius 3 is 2.54 bits per heavy atom. The highest BCUT2D eigenvalue weighted by atomic mass is 32.2. The van der Waals surface area contributed by atoms with E-state index in [4.69, 9.17) is 4.52 Å². The highest BCUT2D eigenvalue weighted by molar-refractivity contribution is 7.88. The minimum Gasteiger partial charge on any atom is -0.339 e. The summed E-state index contributed by atoms with van der Waals surface area (Å²) < 4.78 is 30.8. The van der Waals surface area contributed by atoms with Crippen LogP contribution in [0.15, 0.2) is 4.52 Å². The Morgan fingerprint density at radius 2 is 2.04 bits per heavy atom. The van der Waals surface area contributed by atoms with Gasteiger partial charge in [0.1, 0.15) is 0 Å². The third-order valence-corrected chi connectivity index (χ3v) is 5.80. The quantitative estimate of drug-likeness (QED) is 0.710. The summed E-state index contributed by atoms with van der Waals surface area (Å²) in [5, 5.41) is 3.90. The summed E-state index contributed by atoms with van der Waals surface area (Å²) in [6.07, 6.45) is 3.53. The van der Waals surface area contributed by atoms with Crippen LogP contribution in [0.3, 0.4) is 0 Å². The van der Waals surface area contributed by atoms with Crippen molar-refractivity contribution < 1.29 is 17.7 Å². The molecule has 0 bridgehead atoms. The molecule has 2 aliphatic rings. The van der Waals surface area contributed by atoms with E-state index in [1.54, 1.807) is 4.90 Å². The molecule has 0 aromatic carbocycles. The van der Waals surface area contributed by atoms with E-state index in [1.807, 2.05) is 13.8 Å². The molecule has 1 amide bonds. The van der Waals surface area contributed by atoms with Gasteiger partial charge in [0.2, 0.25) is 21.8 Å². The summed E-state index contributed by atoms with van der Waals surface area (Å²) >= 11 is 0. The Morgan fingerprint density at radius 1 is 1.38 bits per heavy atom. The summed E-state index contributed by atoms with van der Waals surface area (Å²) in [5.41, 5.74) is 0. The smallest absolute Gasteiger partial charge is 0.229 e. The summed E-state index contributed by atoms with van der Waals surface area (Å²) in [4.78, 5) is 18.0. The van der Waals surface area contributed by atoms with Crippen molar-refractivity contribution in [3.8, 4) is 0 Å². The molecule has 0 N–H and O–H groups in total. The van der Waals surface area contributed by atoms with Gasteiger partial charge in [-0.15, -0.1) is 0 Å². The number of carbonyl (C=O) groups excluding carboxylic acids is 1. The lowest BCUT2D eigenvalue weighted by molar-refractivity contribution is -0.138. The Balaban J connectivity index is 1.57. The van der Waals surface area contributed by atoms with Crippen molar-refractivity contribution in [1.82, 2.24) is 19.3 Å². The zero-order chi connectivity index (χ0) is 17.5. The molecule has 0 atom stereocenters. The van der Waals surface area contributed by atoms with Gasteiger partial charge in [0, 0.05) is 37.9 Å². The van der Waals surface area contributed by atoms with Crippen LogP contribution < -0.4 is 0 Å². The first-order valence-electron chi connectivity index (χ1n) is 8.33. The van der Waals surface area contributed by atoms with Crippen LogP contribution in [0, 0.1) is 5.92 Å². The summed E-state index contributed by atoms with van der Waals surface area (Å²) in [6, 6.07) is -0.154. The second kappa shape index (κ2) is 6.44. The van der Waals surface area contributed by atoms with Crippen molar-refractivity contribution in [2.45, 2.75) is 45.1 Å². The van der Waals surface area contributed by atoms with Crippen LogP contribution in [0.1, 0.15) is 44.3 Å². The van der Waals surface area contributed by atoms with Gasteiger partial charge in [0.15, 0.2) is 5.82 Å². The van der Waals surface area contributed by atoms with E-state index in [1.165, 1.54) is 10.6 Å². The average Bonchev–Trinajstić information content (AvgIpc) is 3.17. The van der Waals surface area contributed by atoms with Gasteiger partial charge in [-0.25, -0.2) is 8.42 Å². The maximum absolute atomic E-state index is 12.1.